The second-order valence-electron chi connectivity index (χ2n) is 6.20. The Morgan fingerprint density at radius 1 is 1.35 bits per heavy atom. The quantitative estimate of drug-likeness (QED) is 0.903. The summed E-state index contributed by atoms with van der Waals surface area (Å²) in [6, 6.07) is 1.54. The molecule has 1 aromatic rings. The zero-order valence-electron chi connectivity index (χ0n) is 12.0. The lowest BCUT2D eigenvalue weighted by atomic mass is 9.85. The zero-order chi connectivity index (χ0) is 14.2. The average Bonchev–Trinajstić information content (AvgIpc) is 3.10. The van der Waals surface area contributed by atoms with Crippen molar-refractivity contribution in [1.82, 2.24) is 14.5 Å². The molecule has 0 bridgehead atoms. The molecule has 2 aliphatic rings. The molecule has 20 heavy (non-hydrogen) atoms. The van der Waals surface area contributed by atoms with Crippen LogP contribution in [0.4, 0.5) is 0 Å². The molecule has 5 nitrogen and oxygen atoms in total. The van der Waals surface area contributed by atoms with Crippen LogP contribution in [0.2, 0.25) is 0 Å². The van der Waals surface area contributed by atoms with Gasteiger partial charge < -0.3 is 0 Å². The topological polar surface area (TPSA) is 64.0 Å². The molecule has 0 aliphatic heterocycles. The average molecular weight is 297 g/mol. The maximum atomic E-state index is 12.2. The first-order valence-electron chi connectivity index (χ1n) is 7.55. The summed E-state index contributed by atoms with van der Waals surface area (Å²) in [6.07, 6.45) is 9.48. The Balaban J connectivity index is 1.52. The lowest BCUT2D eigenvalue weighted by Crippen LogP contribution is -2.28. The van der Waals surface area contributed by atoms with Gasteiger partial charge in [0.1, 0.15) is 0 Å². The SMILES string of the molecule is Cn1nccc1S(=O)(=O)NC[C@@H]1C[C@H]1C1CCCCC1. The van der Waals surface area contributed by atoms with E-state index >= 15 is 0 Å². The maximum Gasteiger partial charge on any atom is 0.257 e. The van der Waals surface area contributed by atoms with Gasteiger partial charge in [0.25, 0.3) is 10.0 Å². The number of aromatic nitrogens is 2. The van der Waals surface area contributed by atoms with E-state index in [0.29, 0.717) is 12.5 Å². The van der Waals surface area contributed by atoms with Gasteiger partial charge in [0, 0.05) is 13.6 Å². The molecule has 1 heterocycles. The summed E-state index contributed by atoms with van der Waals surface area (Å²) < 4.78 is 28.5. The molecular formula is C14H23N3O2S. The van der Waals surface area contributed by atoms with Crippen LogP contribution < -0.4 is 4.72 Å². The number of nitrogens with zero attached hydrogens (tertiary/aromatic N) is 2. The Bertz CT molecular complexity index is 561. The Morgan fingerprint density at radius 2 is 2.10 bits per heavy atom. The summed E-state index contributed by atoms with van der Waals surface area (Å²) in [7, 11) is -1.76. The van der Waals surface area contributed by atoms with Crippen LogP contribution in [-0.4, -0.2) is 24.7 Å². The summed E-state index contributed by atoms with van der Waals surface area (Å²) >= 11 is 0. The number of sulfonamides is 1. The van der Waals surface area contributed by atoms with Crippen molar-refractivity contribution in [2.24, 2.45) is 24.8 Å². The molecule has 3 rings (SSSR count). The van der Waals surface area contributed by atoms with Crippen molar-refractivity contribution in [3.63, 3.8) is 0 Å². The van der Waals surface area contributed by atoms with Gasteiger partial charge in [-0.1, -0.05) is 32.1 Å². The molecule has 112 valence electrons. The third-order valence-corrected chi connectivity index (χ3v) is 6.32. The van der Waals surface area contributed by atoms with E-state index in [4.69, 9.17) is 0 Å². The van der Waals surface area contributed by atoms with Crippen molar-refractivity contribution >= 4 is 10.0 Å². The fourth-order valence-corrected chi connectivity index (χ4v) is 4.78. The first-order valence-corrected chi connectivity index (χ1v) is 9.04. The van der Waals surface area contributed by atoms with E-state index in [-0.39, 0.29) is 5.03 Å². The molecule has 0 amide bonds. The van der Waals surface area contributed by atoms with E-state index < -0.39 is 10.0 Å². The van der Waals surface area contributed by atoms with Crippen LogP contribution in [-0.2, 0) is 17.1 Å². The molecule has 1 aromatic heterocycles. The number of hydrogen-bond donors (Lipinski definition) is 1. The lowest BCUT2D eigenvalue weighted by molar-refractivity contribution is 0.310. The molecule has 0 saturated heterocycles. The van der Waals surface area contributed by atoms with E-state index in [9.17, 15) is 8.42 Å². The van der Waals surface area contributed by atoms with E-state index in [1.807, 2.05) is 0 Å². The molecule has 1 N–H and O–H groups in total. The van der Waals surface area contributed by atoms with E-state index in [1.165, 1.54) is 55.5 Å². The fraction of sp³-hybridized carbons (Fsp3) is 0.786. The molecule has 6 heteroatoms. The zero-order valence-corrected chi connectivity index (χ0v) is 12.8. The van der Waals surface area contributed by atoms with Crippen molar-refractivity contribution in [2.75, 3.05) is 6.54 Å². The summed E-state index contributed by atoms with van der Waals surface area (Å²) in [5, 5.41) is 4.15. The van der Waals surface area contributed by atoms with Crippen molar-refractivity contribution in [3.8, 4) is 0 Å². The molecular weight excluding hydrogens is 274 g/mol. The highest BCUT2D eigenvalue weighted by atomic mass is 32.2. The van der Waals surface area contributed by atoms with Gasteiger partial charge in [-0.25, -0.2) is 13.1 Å². The molecule has 2 saturated carbocycles. The third kappa shape index (κ3) is 2.91. The highest BCUT2D eigenvalue weighted by molar-refractivity contribution is 7.89. The number of nitrogens with one attached hydrogen (secondary N) is 1. The highest BCUT2D eigenvalue weighted by Gasteiger charge is 2.43. The van der Waals surface area contributed by atoms with Crippen LogP contribution in [0.25, 0.3) is 0 Å². The summed E-state index contributed by atoms with van der Waals surface area (Å²) in [4.78, 5) is 0. The van der Waals surface area contributed by atoms with Crippen LogP contribution >= 0.6 is 0 Å². The normalized spacial score (nSPS) is 27.6. The smallest absolute Gasteiger partial charge is 0.256 e. The van der Waals surface area contributed by atoms with Crippen molar-refractivity contribution in [3.05, 3.63) is 12.3 Å². The van der Waals surface area contributed by atoms with Gasteiger partial charge in [0.05, 0.1) is 6.20 Å². The molecule has 0 radical (unpaired) electrons. The predicted molar refractivity (Wildman–Crippen MR) is 76.6 cm³/mol. The van der Waals surface area contributed by atoms with Gasteiger partial charge in [-0.05, 0) is 30.2 Å². The minimum atomic E-state index is -3.41. The van der Waals surface area contributed by atoms with Gasteiger partial charge in [-0.15, -0.1) is 0 Å². The van der Waals surface area contributed by atoms with Crippen LogP contribution in [0.15, 0.2) is 17.3 Å². The second kappa shape index (κ2) is 5.48. The fourth-order valence-electron chi connectivity index (χ4n) is 3.56. The van der Waals surface area contributed by atoms with Gasteiger partial charge in [-0.3, -0.25) is 4.68 Å². The molecule has 0 unspecified atom stereocenters. The number of hydrogen-bond acceptors (Lipinski definition) is 3. The Kier molecular flexibility index (Phi) is 3.86. The summed E-state index contributed by atoms with van der Waals surface area (Å²) in [6.45, 7) is 0.578. The van der Waals surface area contributed by atoms with E-state index in [0.717, 1.165) is 11.8 Å². The van der Waals surface area contributed by atoms with Crippen LogP contribution in [0.1, 0.15) is 38.5 Å². The highest BCUT2D eigenvalue weighted by Crippen LogP contribution is 2.49. The second-order valence-corrected chi connectivity index (χ2v) is 7.92. The Morgan fingerprint density at radius 3 is 2.75 bits per heavy atom. The minimum Gasteiger partial charge on any atom is -0.256 e. The standard InChI is InChI=1S/C14H23N3O2S/c1-17-14(7-8-15-17)20(18,19)16-10-12-9-13(12)11-5-3-2-4-6-11/h7-8,11-13,16H,2-6,9-10H2,1H3/t12-,13-/m0/s1. The van der Waals surface area contributed by atoms with Gasteiger partial charge in [0.15, 0.2) is 5.03 Å². The van der Waals surface area contributed by atoms with Crippen molar-refractivity contribution < 1.29 is 8.42 Å². The van der Waals surface area contributed by atoms with Crippen LogP contribution in [0.5, 0.6) is 0 Å². The van der Waals surface area contributed by atoms with E-state index in [1.54, 1.807) is 7.05 Å². The van der Waals surface area contributed by atoms with E-state index in [2.05, 4.69) is 9.82 Å². The van der Waals surface area contributed by atoms with Gasteiger partial charge in [-0.2, -0.15) is 5.10 Å². The Labute approximate surface area is 120 Å². The molecule has 2 atom stereocenters. The third-order valence-electron chi connectivity index (χ3n) is 4.82. The largest absolute Gasteiger partial charge is 0.257 e. The molecule has 2 aliphatic carbocycles. The lowest BCUT2D eigenvalue weighted by Gasteiger charge is -2.21. The molecule has 2 fully saturated rings. The van der Waals surface area contributed by atoms with Crippen molar-refractivity contribution in [2.45, 2.75) is 43.6 Å². The van der Waals surface area contributed by atoms with Gasteiger partial charge in [0.2, 0.25) is 0 Å². The van der Waals surface area contributed by atoms with Gasteiger partial charge >= 0.3 is 0 Å². The predicted octanol–water partition coefficient (Wildman–Crippen LogP) is 1.91. The summed E-state index contributed by atoms with van der Waals surface area (Å²) in [5.74, 6) is 2.14. The number of rotatable bonds is 5. The van der Waals surface area contributed by atoms with Crippen LogP contribution in [0, 0.1) is 17.8 Å². The first kappa shape index (κ1) is 14.1. The van der Waals surface area contributed by atoms with Crippen molar-refractivity contribution in [1.29, 1.82) is 0 Å². The first-order chi connectivity index (χ1) is 9.58. The maximum absolute atomic E-state index is 12.2. The van der Waals surface area contributed by atoms with Crippen LogP contribution in [0.3, 0.4) is 0 Å². The number of aryl methyl sites for hydroxylation is 1. The molecule has 0 spiro atoms. The monoisotopic (exact) mass is 297 g/mol. The molecule has 0 aromatic carbocycles. The summed E-state index contributed by atoms with van der Waals surface area (Å²) in [5.41, 5.74) is 0. The minimum absolute atomic E-state index is 0.243. The Hall–Kier alpha value is -0.880.